The van der Waals surface area contributed by atoms with Crippen LogP contribution in [0, 0.1) is 0 Å². The molecule has 0 saturated heterocycles. The molecule has 36 heavy (non-hydrogen) atoms. The van der Waals surface area contributed by atoms with E-state index in [9.17, 15) is 4.79 Å². The van der Waals surface area contributed by atoms with E-state index in [1.807, 2.05) is 66.7 Å². The summed E-state index contributed by atoms with van der Waals surface area (Å²) in [5.74, 6) is 1.07. The summed E-state index contributed by atoms with van der Waals surface area (Å²) in [6.07, 6.45) is 1.44. The number of fused-ring (bicyclic) bond motifs is 1. The molecule has 9 heteroatoms. The largest absolute Gasteiger partial charge is 0.493 e. The number of hydrogen-bond acceptors (Lipinski definition) is 7. The molecule has 1 atom stereocenters. The second kappa shape index (κ2) is 10.1. The number of nitrogens with zero attached hydrogens (tertiary/aromatic N) is 3. The Bertz CT molecular complexity index is 1430. The van der Waals surface area contributed by atoms with Crippen molar-refractivity contribution in [3.8, 4) is 11.5 Å². The minimum Gasteiger partial charge on any atom is -0.493 e. The standard InChI is InChI=1S/C27H23ClN4O4/c1-34-22-14-18(12-13-21(22)36-15-19-10-6-7-11-20(19)28)25-23(26(33)35-2)24(17-8-4-3-5-9-17)31-27-29-16-30-32(25)27/h3-14,16,25H,15H2,1-2H3,(H,29,30,31)/t25-/m0/s1. The molecule has 4 aromatic rings. The molecule has 1 aliphatic rings. The first kappa shape index (κ1) is 23.4. The normalized spacial score (nSPS) is 14.6. The highest BCUT2D eigenvalue weighted by atomic mass is 35.5. The number of nitrogens with one attached hydrogen (secondary N) is 1. The van der Waals surface area contributed by atoms with Crippen molar-refractivity contribution in [3.63, 3.8) is 0 Å². The van der Waals surface area contributed by atoms with Gasteiger partial charge >= 0.3 is 5.97 Å². The third kappa shape index (κ3) is 4.38. The van der Waals surface area contributed by atoms with Crippen molar-refractivity contribution in [3.05, 3.63) is 106 Å². The molecule has 0 saturated carbocycles. The summed E-state index contributed by atoms with van der Waals surface area (Å²) in [6, 6.07) is 21.9. The van der Waals surface area contributed by atoms with Crippen molar-refractivity contribution >= 4 is 29.2 Å². The van der Waals surface area contributed by atoms with E-state index >= 15 is 0 Å². The number of rotatable bonds is 7. The predicted molar refractivity (Wildman–Crippen MR) is 136 cm³/mol. The van der Waals surface area contributed by atoms with E-state index in [0.29, 0.717) is 33.7 Å². The summed E-state index contributed by atoms with van der Waals surface area (Å²) < 4.78 is 18.5. The molecule has 1 aliphatic heterocycles. The van der Waals surface area contributed by atoms with Crippen LogP contribution in [-0.4, -0.2) is 35.0 Å². The molecule has 0 radical (unpaired) electrons. The van der Waals surface area contributed by atoms with Gasteiger partial charge in [0.25, 0.3) is 0 Å². The van der Waals surface area contributed by atoms with Gasteiger partial charge in [-0.15, -0.1) is 0 Å². The van der Waals surface area contributed by atoms with Crippen LogP contribution in [0.4, 0.5) is 5.95 Å². The number of anilines is 1. The molecule has 1 aromatic heterocycles. The van der Waals surface area contributed by atoms with Crippen LogP contribution in [-0.2, 0) is 16.1 Å². The number of aromatic nitrogens is 3. The van der Waals surface area contributed by atoms with Crippen molar-refractivity contribution in [1.82, 2.24) is 14.8 Å². The van der Waals surface area contributed by atoms with Crippen LogP contribution in [0.2, 0.25) is 5.02 Å². The number of ether oxygens (including phenoxy) is 3. The summed E-state index contributed by atoms with van der Waals surface area (Å²) >= 11 is 6.27. The fourth-order valence-electron chi connectivity index (χ4n) is 4.18. The number of benzene rings is 3. The zero-order chi connectivity index (χ0) is 25.1. The molecule has 0 unspecified atom stereocenters. The van der Waals surface area contributed by atoms with Crippen LogP contribution in [0.25, 0.3) is 5.70 Å². The van der Waals surface area contributed by atoms with Crippen molar-refractivity contribution in [2.45, 2.75) is 12.6 Å². The highest BCUT2D eigenvalue weighted by molar-refractivity contribution is 6.31. The van der Waals surface area contributed by atoms with Crippen molar-refractivity contribution in [2.75, 3.05) is 19.5 Å². The Labute approximate surface area is 213 Å². The van der Waals surface area contributed by atoms with Crippen LogP contribution in [0.1, 0.15) is 22.7 Å². The second-order valence-electron chi connectivity index (χ2n) is 7.99. The van der Waals surface area contributed by atoms with Crippen LogP contribution in [0.15, 0.2) is 84.7 Å². The summed E-state index contributed by atoms with van der Waals surface area (Å²) in [6.45, 7) is 0.279. The Morgan fingerprint density at radius 3 is 2.56 bits per heavy atom. The monoisotopic (exact) mass is 502 g/mol. The average molecular weight is 503 g/mol. The third-order valence-corrected chi connectivity index (χ3v) is 6.28. The third-order valence-electron chi connectivity index (χ3n) is 5.91. The van der Waals surface area contributed by atoms with Gasteiger partial charge in [0.2, 0.25) is 5.95 Å². The fraction of sp³-hybridized carbons (Fsp3) is 0.148. The molecular weight excluding hydrogens is 480 g/mol. The minimum atomic E-state index is -0.613. The molecule has 0 amide bonds. The van der Waals surface area contributed by atoms with E-state index in [0.717, 1.165) is 16.7 Å². The van der Waals surface area contributed by atoms with Crippen molar-refractivity contribution in [2.24, 2.45) is 0 Å². The lowest BCUT2D eigenvalue weighted by molar-refractivity contribution is -0.136. The smallest absolute Gasteiger partial charge is 0.338 e. The Morgan fingerprint density at radius 2 is 1.81 bits per heavy atom. The molecule has 3 aromatic carbocycles. The number of carbonyl (C=O) groups is 1. The van der Waals surface area contributed by atoms with Crippen LogP contribution in [0.3, 0.4) is 0 Å². The van der Waals surface area contributed by atoms with Gasteiger partial charge in [0.15, 0.2) is 11.5 Å². The summed E-state index contributed by atoms with van der Waals surface area (Å²) in [5.41, 5.74) is 3.43. The molecule has 182 valence electrons. The number of halogens is 1. The summed E-state index contributed by atoms with van der Waals surface area (Å²) in [5, 5.41) is 8.26. The van der Waals surface area contributed by atoms with Gasteiger partial charge in [-0.3, -0.25) is 0 Å². The van der Waals surface area contributed by atoms with Gasteiger partial charge < -0.3 is 19.5 Å². The minimum absolute atomic E-state index is 0.279. The molecule has 0 aliphatic carbocycles. The van der Waals surface area contributed by atoms with Gasteiger partial charge in [-0.05, 0) is 29.3 Å². The first-order valence-corrected chi connectivity index (χ1v) is 11.6. The van der Waals surface area contributed by atoms with Gasteiger partial charge in [0.1, 0.15) is 19.0 Å². The van der Waals surface area contributed by atoms with Gasteiger partial charge in [-0.1, -0.05) is 66.2 Å². The van der Waals surface area contributed by atoms with E-state index < -0.39 is 12.0 Å². The zero-order valence-electron chi connectivity index (χ0n) is 19.6. The van der Waals surface area contributed by atoms with Gasteiger partial charge in [-0.2, -0.15) is 10.1 Å². The molecule has 8 nitrogen and oxygen atoms in total. The van der Waals surface area contributed by atoms with Crippen molar-refractivity contribution in [1.29, 1.82) is 0 Å². The van der Waals surface area contributed by atoms with Gasteiger partial charge in [0.05, 0.1) is 25.5 Å². The maximum absolute atomic E-state index is 13.1. The van der Waals surface area contributed by atoms with E-state index in [1.165, 1.54) is 13.4 Å². The van der Waals surface area contributed by atoms with Crippen LogP contribution < -0.4 is 14.8 Å². The molecule has 5 rings (SSSR count). The zero-order valence-corrected chi connectivity index (χ0v) is 20.4. The fourth-order valence-corrected chi connectivity index (χ4v) is 4.37. The Kier molecular flexibility index (Phi) is 6.60. The molecule has 0 spiro atoms. The number of hydrogen-bond donors (Lipinski definition) is 1. The molecule has 2 heterocycles. The van der Waals surface area contributed by atoms with Crippen LogP contribution in [0.5, 0.6) is 11.5 Å². The first-order chi connectivity index (χ1) is 17.6. The van der Waals surface area contributed by atoms with Gasteiger partial charge in [0, 0.05) is 10.6 Å². The first-order valence-electron chi connectivity index (χ1n) is 11.2. The second-order valence-corrected chi connectivity index (χ2v) is 8.40. The molecule has 0 bridgehead atoms. The molecule has 1 N–H and O–H groups in total. The Hall–Kier alpha value is -4.30. The summed E-state index contributed by atoms with van der Waals surface area (Å²) in [4.78, 5) is 17.5. The number of methoxy groups -OCH3 is 2. The SMILES string of the molecule is COC(=O)C1=C(c2ccccc2)Nc2ncnn2[C@H]1c1ccc(OCc2ccccc2Cl)c(OC)c1. The Morgan fingerprint density at radius 1 is 1.03 bits per heavy atom. The topological polar surface area (TPSA) is 87.5 Å². The molecular formula is C27H23ClN4O4. The average Bonchev–Trinajstić information content (AvgIpc) is 3.40. The summed E-state index contributed by atoms with van der Waals surface area (Å²) in [7, 11) is 2.93. The van der Waals surface area contributed by atoms with E-state index in [4.69, 9.17) is 25.8 Å². The lowest BCUT2D eigenvalue weighted by Gasteiger charge is -2.29. The maximum Gasteiger partial charge on any atom is 0.338 e. The van der Waals surface area contributed by atoms with Crippen molar-refractivity contribution < 1.29 is 19.0 Å². The highest BCUT2D eigenvalue weighted by Crippen LogP contribution is 2.41. The number of esters is 1. The highest BCUT2D eigenvalue weighted by Gasteiger charge is 2.36. The molecule has 0 fully saturated rings. The van der Waals surface area contributed by atoms with Crippen LogP contribution >= 0.6 is 11.6 Å². The predicted octanol–water partition coefficient (Wildman–Crippen LogP) is 5.12. The maximum atomic E-state index is 13.1. The quantitative estimate of drug-likeness (QED) is 0.351. The van der Waals surface area contributed by atoms with E-state index in [2.05, 4.69) is 15.4 Å². The lowest BCUT2D eigenvalue weighted by Crippen LogP contribution is -2.29. The lowest BCUT2D eigenvalue weighted by atomic mass is 9.92. The van der Waals surface area contributed by atoms with Gasteiger partial charge in [-0.25, -0.2) is 9.48 Å². The Balaban J connectivity index is 1.58. The number of carbonyl (C=O) groups excluding carboxylic acids is 1. The van der Waals surface area contributed by atoms with E-state index in [-0.39, 0.29) is 6.61 Å². The van der Waals surface area contributed by atoms with E-state index in [1.54, 1.807) is 17.9 Å².